The normalized spacial score (nSPS) is 17.6. The first kappa shape index (κ1) is 15.0. The van der Waals surface area contributed by atoms with Gasteiger partial charge in [0.2, 0.25) is 0 Å². The summed E-state index contributed by atoms with van der Waals surface area (Å²) in [6.45, 7) is 0.242. The molecule has 1 saturated carbocycles. The Morgan fingerprint density at radius 2 is 2.09 bits per heavy atom. The molecular formula is C16H20FN3O2. The van der Waals surface area contributed by atoms with Crippen LogP contribution in [0.2, 0.25) is 0 Å². The SMILES string of the molecule is Cn1c(=O)ccc2ncc(F)c(OCC3(N)CCCCC3)c21. The van der Waals surface area contributed by atoms with E-state index in [0.717, 1.165) is 31.9 Å². The van der Waals surface area contributed by atoms with E-state index >= 15 is 0 Å². The Labute approximate surface area is 127 Å². The lowest BCUT2D eigenvalue weighted by molar-refractivity contribution is 0.170. The Kier molecular flexibility index (Phi) is 3.87. The van der Waals surface area contributed by atoms with Crippen molar-refractivity contribution in [3.63, 3.8) is 0 Å². The number of nitrogens with zero attached hydrogens (tertiary/aromatic N) is 2. The number of aryl methyl sites for hydroxylation is 1. The molecule has 2 N–H and O–H groups in total. The van der Waals surface area contributed by atoms with Crippen LogP contribution in [-0.4, -0.2) is 21.7 Å². The van der Waals surface area contributed by atoms with Crippen molar-refractivity contribution in [2.45, 2.75) is 37.6 Å². The molecule has 0 saturated heterocycles. The Morgan fingerprint density at radius 3 is 2.82 bits per heavy atom. The maximum absolute atomic E-state index is 14.2. The molecule has 22 heavy (non-hydrogen) atoms. The molecule has 2 heterocycles. The summed E-state index contributed by atoms with van der Waals surface area (Å²) in [7, 11) is 1.58. The number of rotatable bonds is 3. The molecule has 1 aliphatic rings. The van der Waals surface area contributed by atoms with E-state index in [4.69, 9.17) is 10.5 Å². The fraction of sp³-hybridized carbons (Fsp3) is 0.500. The maximum atomic E-state index is 14.2. The van der Waals surface area contributed by atoms with Crippen LogP contribution in [0.1, 0.15) is 32.1 Å². The van der Waals surface area contributed by atoms with Gasteiger partial charge in [-0.3, -0.25) is 9.78 Å². The second-order valence-corrected chi connectivity index (χ2v) is 6.11. The van der Waals surface area contributed by atoms with Crippen LogP contribution in [0.3, 0.4) is 0 Å². The minimum atomic E-state index is -0.576. The largest absolute Gasteiger partial charge is 0.486 e. The van der Waals surface area contributed by atoms with Crippen molar-refractivity contribution in [1.29, 1.82) is 0 Å². The van der Waals surface area contributed by atoms with E-state index in [9.17, 15) is 9.18 Å². The Hall–Kier alpha value is -1.95. The van der Waals surface area contributed by atoms with Crippen LogP contribution in [0.25, 0.3) is 11.0 Å². The van der Waals surface area contributed by atoms with Gasteiger partial charge < -0.3 is 15.0 Å². The van der Waals surface area contributed by atoms with Gasteiger partial charge in [0.25, 0.3) is 5.56 Å². The minimum Gasteiger partial charge on any atom is -0.486 e. The summed E-state index contributed by atoms with van der Waals surface area (Å²) in [4.78, 5) is 15.8. The van der Waals surface area contributed by atoms with E-state index in [-0.39, 0.29) is 17.9 Å². The molecule has 0 radical (unpaired) electrons. The number of halogens is 1. The highest BCUT2D eigenvalue weighted by Crippen LogP contribution is 2.30. The lowest BCUT2D eigenvalue weighted by Crippen LogP contribution is -2.47. The summed E-state index contributed by atoms with van der Waals surface area (Å²) in [5, 5.41) is 0. The second kappa shape index (κ2) is 5.68. The molecule has 118 valence electrons. The van der Waals surface area contributed by atoms with Gasteiger partial charge >= 0.3 is 0 Å². The molecule has 1 aliphatic carbocycles. The van der Waals surface area contributed by atoms with Crippen LogP contribution >= 0.6 is 0 Å². The Morgan fingerprint density at radius 1 is 1.36 bits per heavy atom. The molecule has 0 aliphatic heterocycles. The summed E-state index contributed by atoms with van der Waals surface area (Å²) in [6, 6.07) is 2.98. The van der Waals surface area contributed by atoms with E-state index in [2.05, 4.69) is 4.98 Å². The van der Waals surface area contributed by atoms with Gasteiger partial charge in [0.05, 0.1) is 17.3 Å². The van der Waals surface area contributed by atoms with Gasteiger partial charge in [-0.05, 0) is 18.9 Å². The fourth-order valence-corrected chi connectivity index (χ4v) is 3.05. The third-order valence-corrected chi connectivity index (χ3v) is 4.39. The van der Waals surface area contributed by atoms with Gasteiger partial charge in [0, 0.05) is 13.1 Å². The van der Waals surface area contributed by atoms with Crippen LogP contribution in [0.15, 0.2) is 23.1 Å². The second-order valence-electron chi connectivity index (χ2n) is 6.11. The molecule has 0 atom stereocenters. The summed E-state index contributed by atoms with van der Waals surface area (Å²) < 4.78 is 21.2. The summed E-state index contributed by atoms with van der Waals surface area (Å²) >= 11 is 0. The third kappa shape index (κ3) is 2.70. The minimum absolute atomic E-state index is 0.0561. The number of fused-ring (bicyclic) bond motifs is 1. The molecule has 0 aromatic carbocycles. The zero-order valence-electron chi connectivity index (χ0n) is 12.6. The number of ether oxygens (including phenoxy) is 1. The van der Waals surface area contributed by atoms with Crippen molar-refractivity contribution in [3.8, 4) is 5.75 Å². The van der Waals surface area contributed by atoms with Crippen molar-refractivity contribution < 1.29 is 9.13 Å². The van der Waals surface area contributed by atoms with Gasteiger partial charge in [-0.1, -0.05) is 19.3 Å². The first-order chi connectivity index (χ1) is 10.5. The Bertz CT molecular complexity index is 751. The molecule has 0 bridgehead atoms. The quantitative estimate of drug-likeness (QED) is 0.943. The monoisotopic (exact) mass is 305 g/mol. The smallest absolute Gasteiger partial charge is 0.250 e. The van der Waals surface area contributed by atoms with Crippen LogP contribution in [-0.2, 0) is 7.05 Å². The van der Waals surface area contributed by atoms with E-state index in [1.54, 1.807) is 13.1 Å². The van der Waals surface area contributed by atoms with Crippen molar-refractivity contribution in [3.05, 3.63) is 34.5 Å². The fourth-order valence-electron chi connectivity index (χ4n) is 3.05. The van der Waals surface area contributed by atoms with E-state index in [1.807, 2.05) is 0 Å². The molecule has 2 aromatic rings. The predicted octanol–water partition coefficient (Wildman–Crippen LogP) is 2.11. The standard InChI is InChI=1S/C16H20FN3O2/c1-20-13(21)6-5-12-14(20)15(11(17)9-19-12)22-10-16(18)7-3-2-4-8-16/h5-6,9H,2-4,7-8,10,18H2,1H3. The molecule has 0 unspecified atom stereocenters. The lowest BCUT2D eigenvalue weighted by Gasteiger charge is -2.33. The maximum Gasteiger partial charge on any atom is 0.250 e. The molecule has 0 spiro atoms. The highest BCUT2D eigenvalue weighted by molar-refractivity contribution is 5.81. The van der Waals surface area contributed by atoms with Gasteiger partial charge in [-0.15, -0.1) is 0 Å². The molecule has 1 fully saturated rings. The van der Waals surface area contributed by atoms with Crippen molar-refractivity contribution in [1.82, 2.24) is 9.55 Å². The van der Waals surface area contributed by atoms with E-state index in [1.165, 1.54) is 17.1 Å². The van der Waals surface area contributed by atoms with Crippen LogP contribution in [0, 0.1) is 5.82 Å². The van der Waals surface area contributed by atoms with E-state index in [0.29, 0.717) is 11.0 Å². The summed E-state index contributed by atoms with van der Waals surface area (Å²) in [5.41, 5.74) is 6.57. The number of hydrogen-bond acceptors (Lipinski definition) is 4. The van der Waals surface area contributed by atoms with Crippen molar-refractivity contribution in [2.75, 3.05) is 6.61 Å². The average Bonchev–Trinajstić information content (AvgIpc) is 2.51. The first-order valence-electron chi connectivity index (χ1n) is 7.56. The average molecular weight is 305 g/mol. The number of aromatic nitrogens is 2. The molecule has 2 aromatic heterocycles. The first-order valence-corrected chi connectivity index (χ1v) is 7.56. The number of pyridine rings is 2. The van der Waals surface area contributed by atoms with Crippen LogP contribution in [0.5, 0.6) is 5.75 Å². The summed E-state index contributed by atoms with van der Waals surface area (Å²) in [6.07, 6.45) is 6.18. The zero-order valence-corrected chi connectivity index (χ0v) is 12.6. The van der Waals surface area contributed by atoms with Gasteiger partial charge in [-0.25, -0.2) is 4.39 Å². The van der Waals surface area contributed by atoms with Gasteiger partial charge in [-0.2, -0.15) is 0 Å². The molecule has 6 heteroatoms. The number of hydrogen-bond donors (Lipinski definition) is 1. The van der Waals surface area contributed by atoms with Gasteiger partial charge in [0.15, 0.2) is 11.6 Å². The third-order valence-electron chi connectivity index (χ3n) is 4.39. The highest BCUT2D eigenvalue weighted by Gasteiger charge is 2.29. The van der Waals surface area contributed by atoms with Crippen LogP contribution in [0.4, 0.5) is 4.39 Å². The van der Waals surface area contributed by atoms with Crippen LogP contribution < -0.4 is 16.0 Å². The molecule has 5 nitrogen and oxygen atoms in total. The molecule has 3 rings (SSSR count). The van der Waals surface area contributed by atoms with E-state index < -0.39 is 11.4 Å². The molecular weight excluding hydrogens is 285 g/mol. The van der Waals surface area contributed by atoms with Crippen molar-refractivity contribution in [2.24, 2.45) is 12.8 Å². The zero-order chi connectivity index (χ0) is 15.7. The predicted molar refractivity (Wildman–Crippen MR) is 82.4 cm³/mol. The lowest BCUT2D eigenvalue weighted by atomic mass is 9.83. The Balaban J connectivity index is 1.97. The van der Waals surface area contributed by atoms with Gasteiger partial charge in [0.1, 0.15) is 12.1 Å². The number of nitrogens with two attached hydrogens (primary N) is 1. The molecule has 0 amide bonds. The summed E-state index contributed by atoms with van der Waals surface area (Å²) in [5.74, 6) is -0.520. The topological polar surface area (TPSA) is 70.1 Å². The van der Waals surface area contributed by atoms with Crippen molar-refractivity contribution >= 4 is 11.0 Å². The highest BCUT2D eigenvalue weighted by atomic mass is 19.1.